The van der Waals surface area contributed by atoms with E-state index in [4.69, 9.17) is 0 Å². The molecule has 0 bridgehead atoms. The van der Waals surface area contributed by atoms with E-state index in [0.29, 0.717) is 21.8 Å². The molecule has 6 heteroatoms. The highest BCUT2D eigenvalue weighted by atomic mass is 79.9. The van der Waals surface area contributed by atoms with Gasteiger partial charge < -0.3 is 5.32 Å². The van der Waals surface area contributed by atoms with E-state index in [0.717, 1.165) is 15.7 Å². The van der Waals surface area contributed by atoms with Gasteiger partial charge in [0, 0.05) is 27.3 Å². The van der Waals surface area contributed by atoms with Crippen LogP contribution in [0.25, 0.3) is 16.8 Å². The lowest BCUT2D eigenvalue weighted by Gasteiger charge is -2.03. The molecule has 0 aliphatic heterocycles. The number of aromatic nitrogens is 1. The molecule has 0 saturated heterocycles. The van der Waals surface area contributed by atoms with Crippen molar-refractivity contribution >= 4 is 38.5 Å². The summed E-state index contributed by atoms with van der Waals surface area (Å²) in [5, 5.41) is 14.9. The Hall–Kier alpha value is -2.49. The first-order valence-electron chi connectivity index (χ1n) is 7.41. The minimum Gasteiger partial charge on any atom is -0.360 e. The molecule has 0 atom stereocenters. The molecule has 0 saturated carbocycles. The van der Waals surface area contributed by atoms with Gasteiger partial charge in [0.1, 0.15) is 22.5 Å². The Labute approximate surface area is 157 Å². The summed E-state index contributed by atoms with van der Waals surface area (Å²) >= 11 is 4.83. The average molecular weight is 414 g/mol. The summed E-state index contributed by atoms with van der Waals surface area (Å²) in [6.07, 6.45) is 1.55. The number of nitrogens with zero attached hydrogens (tertiary/aromatic N) is 2. The molecule has 2 aromatic carbocycles. The number of halogens is 2. The third-order valence-electron chi connectivity index (χ3n) is 3.53. The average Bonchev–Trinajstić information content (AvgIpc) is 3.08. The number of benzene rings is 2. The largest absolute Gasteiger partial charge is 0.360 e. The predicted octanol–water partition coefficient (Wildman–Crippen LogP) is 6.00. The van der Waals surface area contributed by atoms with Crippen molar-refractivity contribution < 1.29 is 4.39 Å². The van der Waals surface area contributed by atoms with Gasteiger partial charge in [0.05, 0.1) is 5.69 Å². The van der Waals surface area contributed by atoms with Gasteiger partial charge in [0.15, 0.2) is 0 Å². The number of hydrogen-bond acceptors (Lipinski definition) is 4. The molecule has 1 heterocycles. The van der Waals surface area contributed by atoms with Gasteiger partial charge in [-0.05, 0) is 36.8 Å². The van der Waals surface area contributed by atoms with Gasteiger partial charge in [-0.25, -0.2) is 9.37 Å². The van der Waals surface area contributed by atoms with E-state index in [9.17, 15) is 9.65 Å². The van der Waals surface area contributed by atoms with Crippen LogP contribution in [0.5, 0.6) is 0 Å². The van der Waals surface area contributed by atoms with E-state index >= 15 is 0 Å². The van der Waals surface area contributed by atoms with Crippen LogP contribution in [-0.2, 0) is 0 Å². The Morgan fingerprint density at radius 3 is 2.88 bits per heavy atom. The van der Waals surface area contributed by atoms with Crippen LogP contribution in [0.15, 0.2) is 58.5 Å². The van der Waals surface area contributed by atoms with Crippen LogP contribution < -0.4 is 5.32 Å². The first-order chi connectivity index (χ1) is 12.1. The number of allylic oxidation sites excluding steroid dienone is 1. The monoisotopic (exact) mass is 413 g/mol. The normalized spacial score (nSPS) is 11.2. The van der Waals surface area contributed by atoms with Crippen molar-refractivity contribution in [2.24, 2.45) is 0 Å². The molecular formula is C19H13BrFN3S. The topological polar surface area (TPSA) is 48.7 Å². The van der Waals surface area contributed by atoms with Crippen molar-refractivity contribution in [3.8, 4) is 17.3 Å². The number of thiazole rings is 1. The summed E-state index contributed by atoms with van der Waals surface area (Å²) in [7, 11) is 0. The highest BCUT2D eigenvalue weighted by molar-refractivity contribution is 9.10. The van der Waals surface area contributed by atoms with E-state index in [1.807, 2.05) is 29.6 Å². The zero-order valence-corrected chi connectivity index (χ0v) is 15.7. The number of aryl methyl sites for hydroxylation is 1. The SMILES string of the molecule is Cc1ccc(N/C=C(\C#N)c2nc(-c3cccc(Br)c3)cs2)cc1F. The third kappa shape index (κ3) is 4.13. The Morgan fingerprint density at radius 2 is 2.16 bits per heavy atom. The Balaban J connectivity index is 1.84. The van der Waals surface area contributed by atoms with Crippen molar-refractivity contribution in [3.05, 3.63) is 74.9 Å². The predicted molar refractivity (Wildman–Crippen MR) is 104 cm³/mol. The summed E-state index contributed by atoms with van der Waals surface area (Å²) in [5.74, 6) is -0.289. The second-order valence-corrected chi connectivity index (χ2v) is 7.10. The van der Waals surface area contributed by atoms with Gasteiger partial charge >= 0.3 is 0 Å². The van der Waals surface area contributed by atoms with Crippen molar-refractivity contribution in [1.29, 1.82) is 5.26 Å². The molecule has 0 aliphatic carbocycles. The zero-order chi connectivity index (χ0) is 17.8. The first kappa shape index (κ1) is 17.3. The van der Waals surface area contributed by atoms with Crippen LogP contribution >= 0.6 is 27.3 Å². The summed E-state index contributed by atoms with van der Waals surface area (Å²) in [6.45, 7) is 1.70. The molecule has 0 fully saturated rings. The van der Waals surface area contributed by atoms with Crippen molar-refractivity contribution in [2.75, 3.05) is 5.32 Å². The van der Waals surface area contributed by atoms with Crippen LogP contribution in [0.1, 0.15) is 10.6 Å². The molecule has 0 radical (unpaired) electrons. The summed E-state index contributed by atoms with van der Waals surface area (Å²) < 4.78 is 14.6. The van der Waals surface area contributed by atoms with Gasteiger partial charge in [0.2, 0.25) is 0 Å². The molecule has 3 nitrogen and oxygen atoms in total. The van der Waals surface area contributed by atoms with Crippen LogP contribution in [0.4, 0.5) is 10.1 Å². The first-order valence-corrected chi connectivity index (χ1v) is 9.09. The van der Waals surface area contributed by atoms with Crippen LogP contribution in [0.2, 0.25) is 0 Å². The third-order valence-corrected chi connectivity index (χ3v) is 4.90. The van der Waals surface area contributed by atoms with Crippen molar-refractivity contribution in [2.45, 2.75) is 6.92 Å². The van der Waals surface area contributed by atoms with Gasteiger partial charge in [-0.3, -0.25) is 0 Å². The smallest absolute Gasteiger partial charge is 0.136 e. The quantitative estimate of drug-likeness (QED) is 0.533. The lowest BCUT2D eigenvalue weighted by Crippen LogP contribution is -1.93. The molecule has 1 N–H and O–H groups in total. The number of anilines is 1. The highest BCUT2D eigenvalue weighted by Gasteiger charge is 2.09. The molecule has 1 aromatic heterocycles. The molecule has 0 amide bonds. The van der Waals surface area contributed by atoms with Gasteiger partial charge in [-0.15, -0.1) is 11.3 Å². The van der Waals surface area contributed by atoms with E-state index in [1.54, 1.807) is 25.3 Å². The second kappa shape index (κ2) is 7.60. The lowest BCUT2D eigenvalue weighted by atomic mass is 10.2. The van der Waals surface area contributed by atoms with Gasteiger partial charge in [-0.1, -0.05) is 34.1 Å². The number of rotatable bonds is 4. The zero-order valence-electron chi connectivity index (χ0n) is 13.3. The summed E-state index contributed by atoms with van der Waals surface area (Å²) in [4.78, 5) is 4.53. The second-order valence-electron chi connectivity index (χ2n) is 5.33. The van der Waals surface area contributed by atoms with Crippen molar-refractivity contribution in [3.63, 3.8) is 0 Å². The van der Waals surface area contributed by atoms with Crippen LogP contribution in [0, 0.1) is 24.1 Å². The number of hydrogen-bond donors (Lipinski definition) is 1. The Kier molecular flexibility index (Phi) is 5.27. The van der Waals surface area contributed by atoms with E-state index in [1.165, 1.54) is 17.4 Å². The number of nitrogens with one attached hydrogen (secondary N) is 1. The lowest BCUT2D eigenvalue weighted by molar-refractivity contribution is 0.619. The molecular weight excluding hydrogens is 401 g/mol. The molecule has 3 aromatic rings. The maximum Gasteiger partial charge on any atom is 0.136 e. The molecule has 124 valence electrons. The van der Waals surface area contributed by atoms with Crippen molar-refractivity contribution in [1.82, 2.24) is 4.98 Å². The Bertz CT molecular complexity index is 988. The maximum atomic E-state index is 13.6. The fourth-order valence-electron chi connectivity index (χ4n) is 2.16. The van der Waals surface area contributed by atoms with Crippen LogP contribution in [-0.4, -0.2) is 4.98 Å². The van der Waals surface area contributed by atoms with Gasteiger partial charge in [0.25, 0.3) is 0 Å². The van der Waals surface area contributed by atoms with Gasteiger partial charge in [-0.2, -0.15) is 5.26 Å². The molecule has 0 unspecified atom stereocenters. The molecule has 0 aliphatic rings. The minimum atomic E-state index is -0.289. The maximum absolute atomic E-state index is 13.6. The number of nitriles is 1. The van der Waals surface area contributed by atoms with E-state index in [-0.39, 0.29) is 5.82 Å². The Morgan fingerprint density at radius 1 is 1.32 bits per heavy atom. The summed E-state index contributed by atoms with van der Waals surface area (Å²) in [5.41, 5.74) is 3.34. The fraction of sp³-hybridized carbons (Fsp3) is 0.0526. The van der Waals surface area contributed by atoms with E-state index < -0.39 is 0 Å². The standard InChI is InChI=1S/C19H13BrFN3S/c1-12-5-6-16(8-17(12)21)23-10-14(9-22)19-24-18(11-25-19)13-3-2-4-15(20)7-13/h2-8,10-11,23H,1H3/b14-10+. The fourth-order valence-corrected chi connectivity index (χ4v) is 3.35. The molecule has 3 rings (SSSR count). The molecule has 25 heavy (non-hydrogen) atoms. The summed E-state index contributed by atoms with van der Waals surface area (Å²) in [6, 6.07) is 14.8. The highest BCUT2D eigenvalue weighted by Crippen LogP contribution is 2.27. The molecule has 0 spiro atoms. The van der Waals surface area contributed by atoms with Crippen LogP contribution in [0.3, 0.4) is 0 Å². The minimum absolute atomic E-state index is 0.289. The van der Waals surface area contributed by atoms with E-state index in [2.05, 4.69) is 32.3 Å².